The van der Waals surface area contributed by atoms with E-state index in [1.807, 2.05) is 52.0 Å². The number of rotatable bonds is 7. The molecule has 1 unspecified atom stereocenters. The van der Waals surface area contributed by atoms with Gasteiger partial charge in [-0.2, -0.15) is 0 Å². The quantitative estimate of drug-likeness (QED) is 0.410. The normalized spacial score (nSPS) is 12.8. The minimum absolute atomic E-state index is 0.141. The van der Waals surface area contributed by atoms with Crippen LogP contribution in [-0.2, 0) is 14.3 Å². The standard InChI is InChI=1S/C22H25NO4.C5H12.2C2H6/c1-22(2,27-3)20(21(25)26)23-19(24)13-12-18-16-10-6-4-8-14(16)15-9-5-7-11-17(15)18;1-5(2,3)4;2*1-2/h4-11,18,20H,12-13H2,1-3H3,(H,23,24)(H,25,26);1-4H3;2*1-2H3. The van der Waals surface area contributed by atoms with Crippen LogP contribution < -0.4 is 5.32 Å². The Morgan fingerprint density at radius 3 is 1.61 bits per heavy atom. The number of carbonyl (C=O) groups excluding carboxylic acids is 1. The lowest BCUT2D eigenvalue weighted by molar-refractivity contribution is -0.150. The van der Waals surface area contributed by atoms with Crippen molar-refractivity contribution >= 4 is 11.9 Å². The van der Waals surface area contributed by atoms with E-state index in [-0.39, 0.29) is 18.2 Å². The second kappa shape index (κ2) is 15.5. The van der Waals surface area contributed by atoms with Crippen LogP contribution in [0.15, 0.2) is 48.5 Å². The number of carboxylic acids is 1. The predicted octanol–water partition coefficient (Wildman–Crippen LogP) is 7.68. The van der Waals surface area contributed by atoms with Crippen molar-refractivity contribution in [2.24, 2.45) is 5.41 Å². The monoisotopic (exact) mass is 499 g/mol. The molecule has 3 rings (SSSR count). The Morgan fingerprint density at radius 2 is 1.25 bits per heavy atom. The molecule has 5 nitrogen and oxygen atoms in total. The topological polar surface area (TPSA) is 75.6 Å². The van der Waals surface area contributed by atoms with Gasteiger partial charge in [-0.05, 0) is 47.9 Å². The summed E-state index contributed by atoms with van der Waals surface area (Å²) in [4.78, 5) is 24.0. The maximum atomic E-state index is 12.5. The number of nitrogens with one attached hydrogen (secondary N) is 1. The lowest BCUT2D eigenvalue weighted by Crippen LogP contribution is -2.55. The maximum absolute atomic E-state index is 12.5. The van der Waals surface area contributed by atoms with Crippen LogP contribution in [0.4, 0.5) is 0 Å². The summed E-state index contributed by atoms with van der Waals surface area (Å²) in [5.74, 6) is -1.25. The number of fused-ring (bicyclic) bond motifs is 3. The molecule has 0 heterocycles. The minimum Gasteiger partial charge on any atom is -0.480 e. The molecule has 1 aliphatic rings. The Hall–Kier alpha value is -2.66. The molecule has 1 aliphatic carbocycles. The highest BCUT2D eigenvalue weighted by molar-refractivity contribution is 5.85. The fraction of sp³-hybridized carbons (Fsp3) is 0.548. The Kier molecular flexibility index (Phi) is 14.3. The SMILES string of the molecule is CC.CC.CC(C)(C)C.COC(C)(C)C(NC(=O)CCC1c2ccccc2-c2ccccc21)C(=O)O. The smallest absolute Gasteiger partial charge is 0.329 e. The van der Waals surface area contributed by atoms with Crippen LogP contribution in [0.1, 0.15) is 99.1 Å². The van der Waals surface area contributed by atoms with Gasteiger partial charge in [0.25, 0.3) is 0 Å². The molecule has 2 N–H and O–H groups in total. The zero-order valence-corrected chi connectivity index (χ0v) is 24.4. The number of amides is 1. The third-order valence-electron chi connectivity index (χ3n) is 5.40. The fourth-order valence-corrected chi connectivity index (χ4v) is 3.73. The molecule has 0 aliphatic heterocycles. The molecular formula is C31H49NO4. The number of methoxy groups -OCH3 is 1. The van der Waals surface area contributed by atoms with Gasteiger partial charge < -0.3 is 15.2 Å². The van der Waals surface area contributed by atoms with Crippen LogP contribution >= 0.6 is 0 Å². The summed E-state index contributed by atoms with van der Waals surface area (Å²) >= 11 is 0. The van der Waals surface area contributed by atoms with E-state index in [2.05, 4.69) is 57.3 Å². The Balaban J connectivity index is 0.00000119. The lowest BCUT2D eigenvalue weighted by Gasteiger charge is -2.30. The van der Waals surface area contributed by atoms with Gasteiger partial charge >= 0.3 is 5.97 Å². The van der Waals surface area contributed by atoms with E-state index in [1.54, 1.807) is 13.8 Å². The summed E-state index contributed by atoms with van der Waals surface area (Å²) < 4.78 is 5.24. The zero-order chi connectivity index (χ0) is 28.1. The first kappa shape index (κ1) is 33.3. The summed E-state index contributed by atoms with van der Waals surface area (Å²) in [5, 5.41) is 12.1. The molecule has 36 heavy (non-hydrogen) atoms. The second-order valence-electron chi connectivity index (χ2n) is 10.4. The molecule has 1 atom stereocenters. The fourth-order valence-electron chi connectivity index (χ4n) is 3.73. The molecule has 2 aromatic rings. The molecule has 2 aromatic carbocycles. The second-order valence-corrected chi connectivity index (χ2v) is 10.4. The molecule has 0 saturated carbocycles. The number of ether oxygens (including phenoxy) is 1. The molecule has 0 spiro atoms. The van der Waals surface area contributed by atoms with E-state index in [0.717, 1.165) is 0 Å². The molecule has 202 valence electrons. The van der Waals surface area contributed by atoms with Gasteiger partial charge in [0.05, 0.1) is 5.60 Å². The van der Waals surface area contributed by atoms with E-state index in [4.69, 9.17) is 4.74 Å². The lowest BCUT2D eigenvalue weighted by atomic mass is 9.91. The van der Waals surface area contributed by atoms with Crippen LogP contribution in [-0.4, -0.2) is 35.7 Å². The van der Waals surface area contributed by atoms with Gasteiger partial charge in [0.15, 0.2) is 6.04 Å². The average Bonchev–Trinajstić information content (AvgIpc) is 3.16. The molecule has 0 aromatic heterocycles. The number of carbonyl (C=O) groups is 2. The number of aliphatic carboxylic acids is 1. The van der Waals surface area contributed by atoms with E-state index in [0.29, 0.717) is 11.8 Å². The molecule has 0 saturated heterocycles. The van der Waals surface area contributed by atoms with Crippen LogP contribution in [0.2, 0.25) is 0 Å². The number of carboxylic acid groups (broad SMARTS) is 1. The molecule has 1 amide bonds. The van der Waals surface area contributed by atoms with Crippen LogP contribution in [0.25, 0.3) is 11.1 Å². The van der Waals surface area contributed by atoms with E-state index < -0.39 is 17.6 Å². The van der Waals surface area contributed by atoms with Crippen molar-refractivity contribution in [2.75, 3.05) is 7.11 Å². The molecule has 5 heteroatoms. The van der Waals surface area contributed by atoms with Crippen LogP contribution in [0, 0.1) is 5.41 Å². The van der Waals surface area contributed by atoms with Crippen LogP contribution in [0.5, 0.6) is 0 Å². The first-order chi connectivity index (χ1) is 16.8. The maximum Gasteiger partial charge on any atom is 0.329 e. The first-order valence-electron chi connectivity index (χ1n) is 13.1. The van der Waals surface area contributed by atoms with Gasteiger partial charge in [0.1, 0.15) is 0 Å². The van der Waals surface area contributed by atoms with Crippen molar-refractivity contribution in [2.45, 2.75) is 99.6 Å². The van der Waals surface area contributed by atoms with Crippen molar-refractivity contribution < 1.29 is 19.4 Å². The van der Waals surface area contributed by atoms with Crippen molar-refractivity contribution in [3.05, 3.63) is 59.7 Å². The predicted molar refractivity (Wildman–Crippen MR) is 151 cm³/mol. The van der Waals surface area contributed by atoms with Crippen LogP contribution in [0.3, 0.4) is 0 Å². The Bertz CT molecular complexity index is 892. The molecule has 0 radical (unpaired) electrons. The third-order valence-corrected chi connectivity index (χ3v) is 5.40. The van der Waals surface area contributed by atoms with Crippen molar-refractivity contribution in [1.29, 1.82) is 0 Å². The Labute approximate surface area is 219 Å². The van der Waals surface area contributed by atoms with Gasteiger partial charge in [0.2, 0.25) is 5.91 Å². The average molecular weight is 500 g/mol. The van der Waals surface area contributed by atoms with Crippen molar-refractivity contribution in [3.8, 4) is 11.1 Å². The van der Waals surface area contributed by atoms with Gasteiger partial charge in [-0.15, -0.1) is 0 Å². The highest BCUT2D eigenvalue weighted by atomic mass is 16.5. The van der Waals surface area contributed by atoms with Gasteiger partial charge in [-0.3, -0.25) is 4.79 Å². The molecular weight excluding hydrogens is 450 g/mol. The third kappa shape index (κ3) is 10.1. The molecule has 0 bridgehead atoms. The number of hydrogen-bond donors (Lipinski definition) is 2. The molecule has 0 fully saturated rings. The van der Waals surface area contributed by atoms with E-state index in [9.17, 15) is 14.7 Å². The van der Waals surface area contributed by atoms with Gasteiger partial charge in [-0.25, -0.2) is 4.79 Å². The van der Waals surface area contributed by atoms with Crippen molar-refractivity contribution in [1.82, 2.24) is 5.32 Å². The first-order valence-corrected chi connectivity index (χ1v) is 13.1. The zero-order valence-electron chi connectivity index (χ0n) is 24.4. The summed E-state index contributed by atoms with van der Waals surface area (Å²) in [5.41, 5.74) is 4.37. The highest BCUT2D eigenvalue weighted by Gasteiger charge is 2.37. The van der Waals surface area contributed by atoms with E-state index in [1.165, 1.54) is 29.4 Å². The van der Waals surface area contributed by atoms with Gasteiger partial charge in [0, 0.05) is 19.4 Å². The number of hydrogen-bond acceptors (Lipinski definition) is 3. The van der Waals surface area contributed by atoms with E-state index >= 15 is 0 Å². The number of benzene rings is 2. The summed E-state index contributed by atoms with van der Waals surface area (Å²) in [6.45, 7) is 20.0. The van der Waals surface area contributed by atoms with Gasteiger partial charge in [-0.1, -0.05) is 104 Å². The largest absolute Gasteiger partial charge is 0.480 e. The summed E-state index contributed by atoms with van der Waals surface area (Å²) in [6, 6.07) is 15.4. The summed E-state index contributed by atoms with van der Waals surface area (Å²) in [7, 11) is 1.44. The van der Waals surface area contributed by atoms with Crippen molar-refractivity contribution in [3.63, 3.8) is 0 Å². The Morgan fingerprint density at radius 1 is 0.861 bits per heavy atom. The summed E-state index contributed by atoms with van der Waals surface area (Å²) in [6.07, 6.45) is 0.872. The minimum atomic E-state index is -1.10. The highest BCUT2D eigenvalue weighted by Crippen LogP contribution is 2.46.